The average molecular weight is 355 g/mol. The second kappa shape index (κ2) is 7.40. The fourth-order valence-electron chi connectivity index (χ4n) is 2.46. The third-order valence-corrected chi connectivity index (χ3v) is 4.42. The molecule has 2 aromatic heterocycles. The minimum absolute atomic E-state index is 0.202. The number of amides is 1. The van der Waals surface area contributed by atoms with Gasteiger partial charge in [0.15, 0.2) is 0 Å². The first kappa shape index (κ1) is 17.0. The van der Waals surface area contributed by atoms with Crippen LogP contribution in [0, 0.1) is 0 Å². The molecule has 0 fully saturated rings. The summed E-state index contributed by atoms with van der Waals surface area (Å²) < 4.78 is 6.60. The molecule has 6 nitrogen and oxygen atoms in total. The molecule has 0 spiro atoms. The van der Waals surface area contributed by atoms with Crippen molar-refractivity contribution in [2.45, 2.75) is 11.8 Å². The molecule has 3 rings (SSSR count). The van der Waals surface area contributed by atoms with Crippen LogP contribution in [0.15, 0.2) is 53.7 Å². The first-order chi connectivity index (χ1) is 12.1. The highest BCUT2D eigenvalue weighted by molar-refractivity contribution is 7.98. The van der Waals surface area contributed by atoms with Crippen LogP contribution in [-0.4, -0.2) is 34.4 Å². The topological polar surface area (TPSA) is 72.7 Å². The van der Waals surface area contributed by atoms with Gasteiger partial charge in [0.2, 0.25) is 0 Å². The summed E-state index contributed by atoms with van der Waals surface area (Å²) in [4.78, 5) is 25.4. The molecule has 0 radical (unpaired) electrons. The quantitative estimate of drug-likeness (QED) is 0.560. The molecule has 2 heterocycles. The van der Waals surface area contributed by atoms with Gasteiger partial charge >= 0.3 is 5.97 Å². The lowest BCUT2D eigenvalue weighted by atomic mass is 10.2. The number of anilines is 1. The Morgan fingerprint density at radius 3 is 2.80 bits per heavy atom. The summed E-state index contributed by atoms with van der Waals surface area (Å²) in [6.07, 6.45) is 5.08. The van der Waals surface area contributed by atoms with Gasteiger partial charge in [-0.05, 0) is 37.4 Å². The van der Waals surface area contributed by atoms with E-state index in [-0.39, 0.29) is 12.5 Å². The Hall–Kier alpha value is -2.80. The van der Waals surface area contributed by atoms with E-state index in [1.807, 2.05) is 24.5 Å². The average Bonchev–Trinajstić information content (AvgIpc) is 3.05. The lowest BCUT2D eigenvalue weighted by molar-refractivity contribution is 0.0528. The van der Waals surface area contributed by atoms with Crippen molar-refractivity contribution in [3.05, 3.63) is 59.9 Å². The van der Waals surface area contributed by atoms with E-state index in [1.54, 1.807) is 35.8 Å². The Morgan fingerprint density at radius 2 is 2.04 bits per heavy atom. The summed E-state index contributed by atoms with van der Waals surface area (Å²) in [6, 6.07) is 10.8. The zero-order valence-electron chi connectivity index (χ0n) is 13.9. The molecule has 0 bridgehead atoms. The fourth-order valence-corrected chi connectivity index (χ4v) is 3.05. The molecule has 1 aromatic carbocycles. The van der Waals surface area contributed by atoms with Gasteiger partial charge in [-0.3, -0.25) is 4.79 Å². The highest BCUT2D eigenvalue weighted by Gasteiger charge is 2.15. The van der Waals surface area contributed by atoms with Gasteiger partial charge in [-0.1, -0.05) is 12.1 Å². The first-order valence-corrected chi connectivity index (χ1v) is 8.95. The summed E-state index contributed by atoms with van der Waals surface area (Å²) in [5, 5.41) is 7.00. The van der Waals surface area contributed by atoms with Crippen molar-refractivity contribution < 1.29 is 14.3 Å². The largest absolute Gasteiger partial charge is 0.462 e. The molecule has 7 heteroatoms. The van der Waals surface area contributed by atoms with E-state index in [4.69, 9.17) is 4.74 Å². The van der Waals surface area contributed by atoms with E-state index < -0.39 is 5.97 Å². The van der Waals surface area contributed by atoms with Crippen molar-refractivity contribution in [2.75, 3.05) is 18.2 Å². The molecule has 0 aliphatic heterocycles. The van der Waals surface area contributed by atoms with Crippen molar-refractivity contribution in [1.29, 1.82) is 0 Å². The summed E-state index contributed by atoms with van der Waals surface area (Å²) in [7, 11) is 0. The number of carbonyl (C=O) groups is 2. The summed E-state index contributed by atoms with van der Waals surface area (Å²) in [5.74, 6) is -0.639. The van der Waals surface area contributed by atoms with E-state index >= 15 is 0 Å². The number of aromatic nitrogens is 2. The SMILES string of the molecule is CCOC(=O)c1cnn2ccc(NC(=O)c3ccccc3SC)cc12. The lowest BCUT2D eigenvalue weighted by Crippen LogP contribution is -2.13. The van der Waals surface area contributed by atoms with Crippen LogP contribution in [0.3, 0.4) is 0 Å². The van der Waals surface area contributed by atoms with Crippen LogP contribution in [0.2, 0.25) is 0 Å². The third-order valence-electron chi connectivity index (χ3n) is 3.63. The Morgan fingerprint density at radius 1 is 1.24 bits per heavy atom. The Bertz CT molecular complexity index is 936. The van der Waals surface area contributed by atoms with Crippen LogP contribution in [0.1, 0.15) is 27.6 Å². The highest BCUT2D eigenvalue weighted by atomic mass is 32.2. The van der Waals surface area contributed by atoms with Crippen molar-refractivity contribution in [2.24, 2.45) is 0 Å². The molecule has 3 aromatic rings. The van der Waals surface area contributed by atoms with Crippen LogP contribution in [0.4, 0.5) is 5.69 Å². The number of carbonyl (C=O) groups excluding carboxylic acids is 2. The van der Waals surface area contributed by atoms with Gasteiger partial charge in [0.05, 0.1) is 23.9 Å². The molecule has 0 saturated heterocycles. The fraction of sp³-hybridized carbons (Fsp3) is 0.167. The van der Waals surface area contributed by atoms with Crippen molar-refractivity contribution >= 4 is 34.8 Å². The van der Waals surface area contributed by atoms with Gasteiger partial charge in [-0.25, -0.2) is 9.31 Å². The van der Waals surface area contributed by atoms with E-state index in [2.05, 4.69) is 10.4 Å². The molecule has 0 unspecified atom stereocenters. The number of rotatable bonds is 5. The maximum atomic E-state index is 12.6. The standard InChI is InChI=1S/C18H17N3O3S/c1-3-24-18(23)14-11-19-21-9-8-12(10-15(14)21)20-17(22)13-6-4-5-7-16(13)25-2/h4-11H,3H2,1-2H3,(H,20,22). The number of nitrogens with zero attached hydrogens (tertiary/aromatic N) is 2. The highest BCUT2D eigenvalue weighted by Crippen LogP contribution is 2.22. The number of hydrogen-bond acceptors (Lipinski definition) is 5. The van der Waals surface area contributed by atoms with E-state index in [0.717, 1.165) is 4.90 Å². The number of esters is 1. The van der Waals surface area contributed by atoms with Gasteiger partial charge < -0.3 is 10.1 Å². The minimum Gasteiger partial charge on any atom is -0.462 e. The van der Waals surface area contributed by atoms with Crippen molar-refractivity contribution in [3.63, 3.8) is 0 Å². The van der Waals surface area contributed by atoms with Gasteiger partial charge in [0.1, 0.15) is 5.56 Å². The van der Waals surface area contributed by atoms with Gasteiger partial charge in [0.25, 0.3) is 5.91 Å². The Balaban J connectivity index is 1.90. The smallest absolute Gasteiger partial charge is 0.341 e. The molecule has 0 atom stereocenters. The molecule has 0 aliphatic carbocycles. The minimum atomic E-state index is -0.436. The lowest BCUT2D eigenvalue weighted by Gasteiger charge is -2.09. The number of pyridine rings is 1. The number of hydrogen-bond donors (Lipinski definition) is 1. The number of thioether (sulfide) groups is 1. The third kappa shape index (κ3) is 3.51. The van der Waals surface area contributed by atoms with Crippen LogP contribution in [0.5, 0.6) is 0 Å². The van der Waals surface area contributed by atoms with Crippen LogP contribution in [-0.2, 0) is 4.74 Å². The summed E-state index contributed by atoms with van der Waals surface area (Å²) in [6.45, 7) is 2.04. The van der Waals surface area contributed by atoms with Crippen molar-refractivity contribution in [1.82, 2.24) is 9.61 Å². The van der Waals surface area contributed by atoms with Crippen LogP contribution >= 0.6 is 11.8 Å². The molecule has 25 heavy (non-hydrogen) atoms. The Kier molecular flexibility index (Phi) is 5.04. The molecule has 1 N–H and O–H groups in total. The monoisotopic (exact) mass is 355 g/mol. The second-order valence-electron chi connectivity index (χ2n) is 5.18. The maximum Gasteiger partial charge on any atom is 0.341 e. The second-order valence-corrected chi connectivity index (χ2v) is 6.03. The predicted molar refractivity (Wildman–Crippen MR) is 97.3 cm³/mol. The maximum absolute atomic E-state index is 12.6. The van der Waals surface area contributed by atoms with Crippen LogP contribution in [0.25, 0.3) is 5.52 Å². The molecule has 128 valence electrons. The molecule has 0 saturated carbocycles. The number of fused-ring (bicyclic) bond motifs is 1. The molecular weight excluding hydrogens is 338 g/mol. The normalized spacial score (nSPS) is 10.6. The van der Waals surface area contributed by atoms with Gasteiger partial charge in [-0.2, -0.15) is 5.10 Å². The van der Waals surface area contributed by atoms with Gasteiger partial charge in [0, 0.05) is 16.8 Å². The van der Waals surface area contributed by atoms with E-state index in [9.17, 15) is 9.59 Å². The number of nitrogens with one attached hydrogen (secondary N) is 1. The van der Waals surface area contributed by atoms with Crippen LogP contribution < -0.4 is 5.32 Å². The first-order valence-electron chi connectivity index (χ1n) is 7.73. The molecule has 1 amide bonds. The van der Waals surface area contributed by atoms with Crippen molar-refractivity contribution in [3.8, 4) is 0 Å². The number of benzene rings is 1. The summed E-state index contributed by atoms with van der Waals surface area (Å²) >= 11 is 1.51. The summed E-state index contributed by atoms with van der Waals surface area (Å²) in [5.41, 5.74) is 2.13. The number of ether oxygens (including phenoxy) is 1. The molecule has 0 aliphatic rings. The zero-order chi connectivity index (χ0) is 17.8. The Labute approximate surface area is 149 Å². The van der Waals surface area contributed by atoms with E-state index in [0.29, 0.717) is 22.3 Å². The molecular formula is C18H17N3O3S. The van der Waals surface area contributed by atoms with E-state index in [1.165, 1.54) is 18.0 Å². The van der Waals surface area contributed by atoms with Gasteiger partial charge in [-0.15, -0.1) is 11.8 Å². The predicted octanol–water partition coefficient (Wildman–Crippen LogP) is 3.49. The zero-order valence-corrected chi connectivity index (χ0v) is 14.7.